The Kier molecular flexibility index (Phi) is 6.23. The minimum atomic E-state index is -0.494. The fraction of sp³-hybridized carbons (Fsp3) is 0.708. The maximum atomic E-state index is 13.5. The summed E-state index contributed by atoms with van der Waals surface area (Å²) >= 11 is 0. The molecule has 3 heterocycles. The Balaban J connectivity index is 1.46. The molecule has 1 aliphatic carbocycles. The molecular weight excluding hydrogens is 408 g/mol. The summed E-state index contributed by atoms with van der Waals surface area (Å²) in [6, 6.07) is 0.143. The van der Waals surface area contributed by atoms with Crippen LogP contribution in [0.1, 0.15) is 65.6 Å². The van der Waals surface area contributed by atoms with Crippen LogP contribution in [0.3, 0.4) is 0 Å². The number of carbonyl (C=O) groups is 2. The van der Waals surface area contributed by atoms with Crippen LogP contribution in [0.2, 0.25) is 0 Å². The minimum Gasteiger partial charge on any atom is -0.488 e. The van der Waals surface area contributed by atoms with Crippen molar-refractivity contribution in [3.8, 4) is 0 Å². The van der Waals surface area contributed by atoms with Gasteiger partial charge in [-0.25, -0.2) is 9.78 Å². The highest BCUT2D eigenvalue weighted by Gasteiger charge is 2.59. The molecule has 2 aliphatic heterocycles. The third-order valence-corrected chi connectivity index (χ3v) is 6.80. The van der Waals surface area contributed by atoms with E-state index in [0.29, 0.717) is 32.0 Å². The lowest BCUT2D eigenvalue weighted by atomic mass is 9.92. The average molecular weight is 445 g/mol. The van der Waals surface area contributed by atoms with Crippen molar-refractivity contribution in [2.75, 3.05) is 19.7 Å². The topological polar surface area (TPSA) is 76.9 Å². The van der Waals surface area contributed by atoms with Crippen molar-refractivity contribution < 1.29 is 19.1 Å². The van der Waals surface area contributed by atoms with Crippen LogP contribution in [-0.4, -0.2) is 62.7 Å². The van der Waals surface area contributed by atoms with Crippen molar-refractivity contribution in [3.05, 3.63) is 30.1 Å². The molecule has 0 aromatic carbocycles. The zero-order valence-corrected chi connectivity index (χ0v) is 19.8. The van der Waals surface area contributed by atoms with Gasteiger partial charge in [0, 0.05) is 38.1 Å². The molecule has 2 amide bonds. The SMILES string of the molecule is CCn1ccnc1CN(C(=O)C1=CCCCO1)C1CC12CCN(C(=O)OC(C)(C)C)CC2. The maximum Gasteiger partial charge on any atom is 0.410 e. The van der Waals surface area contributed by atoms with Crippen molar-refractivity contribution in [1.29, 1.82) is 0 Å². The number of likely N-dealkylation sites (tertiary alicyclic amines) is 1. The third-order valence-electron chi connectivity index (χ3n) is 6.80. The lowest BCUT2D eigenvalue weighted by molar-refractivity contribution is -0.133. The number of rotatable bonds is 5. The summed E-state index contributed by atoms with van der Waals surface area (Å²) in [5.41, 5.74) is -0.431. The van der Waals surface area contributed by atoms with E-state index < -0.39 is 5.60 Å². The summed E-state index contributed by atoms with van der Waals surface area (Å²) in [6.07, 6.45) is 9.96. The van der Waals surface area contributed by atoms with Crippen LogP contribution in [0.4, 0.5) is 4.79 Å². The summed E-state index contributed by atoms with van der Waals surface area (Å²) in [5.74, 6) is 1.33. The van der Waals surface area contributed by atoms with Crippen LogP contribution in [-0.2, 0) is 27.4 Å². The smallest absolute Gasteiger partial charge is 0.410 e. The molecule has 1 aromatic heterocycles. The Morgan fingerprint density at radius 3 is 2.69 bits per heavy atom. The molecule has 32 heavy (non-hydrogen) atoms. The van der Waals surface area contributed by atoms with E-state index in [0.717, 1.165) is 44.5 Å². The van der Waals surface area contributed by atoms with Crippen LogP contribution < -0.4 is 0 Å². The summed E-state index contributed by atoms with van der Waals surface area (Å²) in [6.45, 7) is 11.0. The highest BCUT2D eigenvalue weighted by molar-refractivity contribution is 5.92. The van der Waals surface area contributed by atoms with E-state index in [1.54, 1.807) is 11.1 Å². The molecule has 0 N–H and O–H groups in total. The van der Waals surface area contributed by atoms with Crippen molar-refractivity contribution in [2.24, 2.45) is 5.41 Å². The van der Waals surface area contributed by atoms with Crippen molar-refractivity contribution in [3.63, 3.8) is 0 Å². The van der Waals surface area contributed by atoms with Crippen molar-refractivity contribution >= 4 is 12.0 Å². The van der Waals surface area contributed by atoms with Gasteiger partial charge < -0.3 is 23.8 Å². The van der Waals surface area contributed by atoms with Crippen LogP contribution >= 0.6 is 0 Å². The fourth-order valence-corrected chi connectivity index (χ4v) is 4.87. The summed E-state index contributed by atoms with van der Waals surface area (Å²) in [7, 11) is 0. The zero-order chi connectivity index (χ0) is 22.9. The van der Waals surface area contributed by atoms with Crippen LogP contribution in [0.25, 0.3) is 0 Å². The summed E-state index contributed by atoms with van der Waals surface area (Å²) in [5, 5.41) is 0. The van der Waals surface area contributed by atoms with Gasteiger partial charge in [-0.15, -0.1) is 0 Å². The molecular formula is C24H36N4O4. The molecule has 2 fully saturated rings. The van der Waals surface area contributed by atoms with Gasteiger partial charge in [-0.05, 0) is 71.3 Å². The molecule has 0 bridgehead atoms. The Labute approximate surface area is 190 Å². The molecule has 1 aromatic rings. The first-order chi connectivity index (χ1) is 15.2. The van der Waals surface area contributed by atoms with Crippen molar-refractivity contribution in [2.45, 2.75) is 84.5 Å². The quantitative estimate of drug-likeness (QED) is 0.692. The van der Waals surface area contributed by atoms with Gasteiger partial charge >= 0.3 is 6.09 Å². The average Bonchev–Trinajstić information content (AvgIpc) is 3.25. The Morgan fingerprint density at radius 2 is 2.06 bits per heavy atom. The number of piperidine rings is 1. The van der Waals surface area contributed by atoms with E-state index >= 15 is 0 Å². The standard InChI is InChI=1S/C24H36N4O4/c1-5-26-14-11-25-20(26)17-28(21(29)18-8-6-7-15-31-18)19-16-24(19)9-12-27(13-10-24)22(30)32-23(2,3)4/h8,11,14,19H,5-7,9-10,12-13,15-17H2,1-4H3. The van der Waals surface area contributed by atoms with Crippen LogP contribution in [0, 0.1) is 5.41 Å². The third kappa shape index (κ3) is 4.79. The van der Waals surface area contributed by atoms with E-state index in [-0.39, 0.29) is 23.5 Å². The largest absolute Gasteiger partial charge is 0.488 e. The van der Waals surface area contributed by atoms with E-state index in [1.165, 1.54) is 0 Å². The number of allylic oxidation sites excluding steroid dienone is 1. The molecule has 1 unspecified atom stereocenters. The van der Waals surface area contributed by atoms with E-state index in [1.807, 2.05) is 37.9 Å². The Morgan fingerprint density at radius 1 is 1.31 bits per heavy atom. The molecule has 4 rings (SSSR count). The van der Waals surface area contributed by atoms with Gasteiger partial charge in [0.2, 0.25) is 0 Å². The molecule has 8 heteroatoms. The van der Waals surface area contributed by atoms with Gasteiger partial charge in [0.05, 0.1) is 13.2 Å². The number of aryl methyl sites for hydroxylation is 1. The normalized spacial score (nSPS) is 22.2. The van der Waals surface area contributed by atoms with Gasteiger partial charge in [0.25, 0.3) is 5.91 Å². The van der Waals surface area contributed by atoms with E-state index in [4.69, 9.17) is 9.47 Å². The zero-order valence-electron chi connectivity index (χ0n) is 19.8. The van der Waals surface area contributed by atoms with E-state index in [9.17, 15) is 9.59 Å². The molecule has 176 valence electrons. The molecule has 0 radical (unpaired) electrons. The highest BCUT2D eigenvalue weighted by Crippen LogP contribution is 2.57. The van der Waals surface area contributed by atoms with Crippen LogP contribution in [0.5, 0.6) is 0 Å². The predicted octanol–water partition coefficient (Wildman–Crippen LogP) is 3.72. The van der Waals surface area contributed by atoms with Crippen molar-refractivity contribution in [1.82, 2.24) is 19.4 Å². The first kappa shape index (κ1) is 22.7. The molecule has 1 saturated carbocycles. The van der Waals surface area contributed by atoms with Gasteiger partial charge in [0.1, 0.15) is 11.4 Å². The molecule has 1 spiro atoms. The molecule has 1 atom stereocenters. The lowest BCUT2D eigenvalue weighted by Crippen LogP contribution is -2.45. The Bertz CT molecular complexity index is 877. The van der Waals surface area contributed by atoms with Gasteiger partial charge in [0.15, 0.2) is 5.76 Å². The first-order valence-electron chi connectivity index (χ1n) is 11.8. The first-order valence-corrected chi connectivity index (χ1v) is 11.8. The highest BCUT2D eigenvalue weighted by atomic mass is 16.6. The van der Waals surface area contributed by atoms with Gasteiger partial charge in [-0.1, -0.05) is 0 Å². The number of nitrogens with zero attached hydrogens (tertiary/aromatic N) is 4. The minimum absolute atomic E-state index is 0.0354. The number of amides is 2. The number of carbonyl (C=O) groups excluding carboxylic acids is 2. The lowest BCUT2D eigenvalue weighted by Gasteiger charge is -2.35. The number of ether oxygens (including phenoxy) is 2. The Hall–Kier alpha value is -2.51. The maximum absolute atomic E-state index is 13.5. The number of hydrogen-bond acceptors (Lipinski definition) is 5. The van der Waals surface area contributed by atoms with E-state index in [2.05, 4.69) is 16.5 Å². The molecule has 1 saturated heterocycles. The second-order valence-electron chi connectivity index (χ2n) is 10.2. The monoisotopic (exact) mass is 444 g/mol. The summed E-state index contributed by atoms with van der Waals surface area (Å²) in [4.78, 5) is 34.2. The van der Waals surface area contributed by atoms with Gasteiger partial charge in [-0.3, -0.25) is 4.79 Å². The summed E-state index contributed by atoms with van der Waals surface area (Å²) < 4.78 is 13.3. The van der Waals surface area contributed by atoms with Crippen LogP contribution in [0.15, 0.2) is 24.2 Å². The molecule has 8 nitrogen and oxygen atoms in total. The number of hydrogen-bond donors (Lipinski definition) is 0. The number of aromatic nitrogens is 2. The fourth-order valence-electron chi connectivity index (χ4n) is 4.87. The number of imidazole rings is 1. The second kappa shape index (κ2) is 8.79. The van der Waals surface area contributed by atoms with Gasteiger partial charge in [-0.2, -0.15) is 0 Å². The molecule has 3 aliphatic rings. The predicted molar refractivity (Wildman–Crippen MR) is 120 cm³/mol. The second-order valence-corrected chi connectivity index (χ2v) is 10.2.